The molecule has 0 amide bonds. The third-order valence-electron chi connectivity index (χ3n) is 6.71. The maximum absolute atomic E-state index is 14.8. The van der Waals surface area contributed by atoms with Crippen molar-refractivity contribution in [1.82, 2.24) is 0 Å². The molecule has 0 heterocycles. The molecule has 1 saturated carbocycles. The lowest BCUT2D eigenvalue weighted by atomic mass is 9.75. The molecule has 3 aromatic carbocycles. The van der Waals surface area contributed by atoms with Crippen molar-refractivity contribution in [2.24, 2.45) is 5.92 Å². The Labute approximate surface area is 185 Å². The van der Waals surface area contributed by atoms with Crippen LogP contribution in [-0.2, 0) is 0 Å². The van der Waals surface area contributed by atoms with Gasteiger partial charge in [0.2, 0.25) is 0 Å². The van der Waals surface area contributed by atoms with E-state index in [9.17, 15) is 22.0 Å². The SMILES string of the molecule is C[C@H](CC1CCC(c2cc(F)c(-c3cc(F)c(F)c(F)c3)c(F)c2)CC1)c1ccccc1. The van der Waals surface area contributed by atoms with Gasteiger partial charge in [-0.05, 0) is 90.8 Å². The third-order valence-corrected chi connectivity index (χ3v) is 6.71. The van der Waals surface area contributed by atoms with Gasteiger partial charge >= 0.3 is 0 Å². The van der Waals surface area contributed by atoms with Crippen LogP contribution in [0.25, 0.3) is 11.1 Å². The highest BCUT2D eigenvalue weighted by Crippen LogP contribution is 2.41. The van der Waals surface area contributed by atoms with Crippen LogP contribution in [0.3, 0.4) is 0 Å². The fraction of sp³-hybridized carbons (Fsp3) is 0.333. The summed E-state index contributed by atoms with van der Waals surface area (Å²) in [4.78, 5) is 0. The van der Waals surface area contributed by atoms with Crippen molar-refractivity contribution in [3.8, 4) is 11.1 Å². The Balaban J connectivity index is 1.45. The van der Waals surface area contributed by atoms with Crippen molar-refractivity contribution in [3.63, 3.8) is 0 Å². The molecule has 3 aromatic rings. The van der Waals surface area contributed by atoms with Crippen LogP contribution in [0.15, 0.2) is 54.6 Å². The first-order valence-corrected chi connectivity index (χ1v) is 11.0. The van der Waals surface area contributed by atoms with E-state index in [-0.39, 0.29) is 11.5 Å². The Hall–Kier alpha value is -2.69. The summed E-state index contributed by atoms with van der Waals surface area (Å²) < 4.78 is 69.8. The highest BCUT2D eigenvalue weighted by atomic mass is 19.2. The van der Waals surface area contributed by atoms with Crippen molar-refractivity contribution in [3.05, 3.63) is 94.8 Å². The van der Waals surface area contributed by atoms with E-state index >= 15 is 0 Å². The summed E-state index contributed by atoms with van der Waals surface area (Å²) in [6.07, 6.45) is 4.73. The molecule has 1 atom stereocenters. The molecular weight excluding hydrogens is 419 g/mol. The van der Waals surface area contributed by atoms with Gasteiger partial charge < -0.3 is 0 Å². The van der Waals surface area contributed by atoms with Gasteiger partial charge in [-0.1, -0.05) is 37.3 Å². The number of hydrogen-bond donors (Lipinski definition) is 0. The van der Waals surface area contributed by atoms with E-state index in [0.717, 1.165) is 32.1 Å². The van der Waals surface area contributed by atoms with Gasteiger partial charge in [0.05, 0.1) is 5.56 Å². The van der Waals surface area contributed by atoms with Crippen molar-refractivity contribution >= 4 is 0 Å². The Morgan fingerprint density at radius 1 is 0.750 bits per heavy atom. The Morgan fingerprint density at radius 3 is 1.88 bits per heavy atom. The van der Waals surface area contributed by atoms with Gasteiger partial charge in [-0.3, -0.25) is 0 Å². The second-order valence-electron chi connectivity index (χ2n) is 8.88. The van der Waals surface area contributed by atoms with Crippen LogP contribution in [0.1, 0.15) is 62.0 Å². The maximum Gasteiger partial charge on any atom is 0.194 e. The first-order chi connectivity index (χ1) is 15.3. The van der Waals surface area contributed by atoms with Crippen LogP contribution < -0.4 is 0 Å². The first kappa shape index (κ1) is 22.5. The van der Waals surface area contributed by atoms with Crippen LogP contribution in [0, 0.1) is 35.0 Å². The van der Waals surface area contributed by atoms with Gasteiger partial charge in [0.25, 0.3) is 0 Å². The van der Waals surface area contributed by atoms with Gasteiger partial charge in [-0.2, -0.15) is 0 Å². The molecule has 168 valence electrons. The van der Waals surface area contributed by atoms with Gasteiger partial charge in [-0.15, -0.1) is 0 Å². The predicted molar refractivity (Wildman–Crippen MR) is 116 cm³/mol. The summed E-state index contributed by atoms with van der Waals surface area (Å²) in [5.74, 6) is -5.35. The van der Waals surface area contributed by atoms with E-state index in [4.69, 9.17) is 0 Å². The zero-order valence-corrected chi connectivity index (χ0v) is 17.9. The minimum atomic E-state index is -1.66. The van der Waals surface area contributed by atoms with E-state index in [1.165, 1.54) is 17.7 Å². The molecule has 0 bridgehead atoms. The fourth-order valence-corrected chi connectivity index (χ4v) is 4.95. The number of rotatable bonds is 5. The third kappa shape index (κ3) is 4.72. The number of halogens is 5. The van der Waals surface area contributed by atoms with Gasteiger partial charge in [0, 0.05) is 0 Å². The summed E-state index contributed by atoms with van der Waals surface area (Å²) in [5.41, 5.74) is 0.975. The van der Waals surface area contributed by atoms with Crippen molar-refractivity contribution in [2.45, 2.75) is 50.9 Å². The molecule has 1 aliphatic carbocycles. The van der Waals surface area contributed by atoms with Crippen molar-refractivity contribution in [1.29, 1.82) is 0 Å². The Bertz CT molecular complexity index is 1040. The van der Waals surface area contributed by atoms with Crippen LogP contribution in [0.5, 0.6) is 0 Å². The molecule has 0 aromatic heterocycles. The lowest BCUT2D eigenvalue weighted by Crippen LogP contribution is -2.15. The lowest BCUT2D eigenvalue weighted by molar-refractivity contribution is 0.296. The summed E-state index contributed by atoms with van der Waals surface area (Å²) in [6, 6.07) is 14.1. The lowest BCUT2D eigenvalue weighted by Gasteiger charge is -2.30. The average molecular weight is 444 g/mol. The van der Waals surface area contributed by atoms with E-state index < -0.39 is 34.6 Å². The topological polar surface area (TPSA) is 0 Å². The highest BCUT2D eigenvalue weighted by molar-refractivity contribution is 5.65. The minimum Gasteiger partial charge on any atom is -0.206 e. The zero-order valence-electron chi connectivity index (χ0n) is 17.9. The molecule has 5 heteroatoms. The molecule has 32 heavy (non-hydrogen) atoms. The molecule has 0 nitrogen and oxygen atoms in total. The maximum atomic E-state index is 14.8. The molecule has 0 aliphatic heterocycles. The van der Waals surface area contributed by atoms with Gasteiger partial charge in [0.1, 0.15) is 11.6 Å². The average Bonchev–Trinajstić information content (AvgIpc) is 2.78. The first-order valence-electron chi connectivity index (χ1n) is 11.0. The van der Waals surface area contributed by atoms with Gasteiger partial charge in [-0.25, -0.2) is 22.0 Å². The molecule has 4 rings (SSSR count). The zero-order chi connectivity index (χ0) is 22.8. The summed E-state index contributed by atoms with van der Waals surface area (Å²) in [5, 5.41) is 0. The molecule has 0 radical (unpaired) electrons. The molecule has 0 saturated heterocycles. The van der Waals surface area contributed by atoms with Crippen molar-refractivity contribution < 1.29 is 22.0 Å². The summed E-state index contributed by atoms with van der Waals surface area (Å²) in [6.45, 7) is 2.23. The molecular formula is C27H25F5. The van der Waals surface area contributed by atoms with E-state index in [1.807, 2.05) is 18.2 Å². The predicted octanol–water partition coefficient (Wildman–Crippen LogP) is 8.52. The number of benzene rings is 3. The highest BCUT2D eigenvalue weighted by Gasteiger charge is 2.26. The largest absolute Gasteiger partial charge is 0.206 e. The number of hydrogen-bond acceptors (Lipinski definition) is 0. The second kappa shape index (κ2) is 9.43. The van der Waals surface area contributed by atoms with Gasteiger partial charge in [0.15, 0.2) is 17.5 Å². The van der Waals surface area contributed by atoms with Crippen LogP contribution in [0.4, 0.5) is 22.0 Å². The Kier molecular flexibility index (Phi) is 6.63. The van der Waals surface area contributed by atoms with E-state index in [2.05, 4.69) is 19.1 Å². The summed E-state index contributed by atoms with van der Waals surface area (Å²) >= 11 is 0. The fourth-order valence-electron chi connectivity index (χ4n) is 4.95. The molecule has 0 N–H and O–H groups in total. The van der Waals surface area contributed by atoms with E-state index in [1.54, 1.807) is 0 Å². The quantitative estimate of drug-likeness (QED) is 0.273. The molecule has 1 aliphatic rings. The molecule has 1 fully saturated rings. The van der Waals surface area contributed by atoms with Crippen LogP contribution >= 0.6 is 0 Å². The standard InChI is InChI=1S/C27H25F5/c1-16(18-5-3-2-4-6-18)11-17-7-9-19(10-8-17)20-12-22(28)26(23(29)13-20)21-14-24(30)27(32)25(31)15-21/h2-6,12-17,19H,7-11H2,1H3/t16-,17?,19?/m1/s1. The van der Waals surface area contributed by atoms with Crippen molar-refractivity contribution in [2.75, 3.05) is 0 Å². The smallest absolute Gasteiger partial charge is 0.194 e. The van der Waals surface area contributed by atoms with Crippen LogP contribution in [0.2, 0.25) is 0 Å². The molecule has 0 unspecified atom stereocenters. The minimum absolute atomic E-state index is 0.0398. The molecule has 0 spiro atoms. The van der Waals surface area contributed by atoms with Crippen LogP contribution in [-0.4, -0.2) is 0 Å². The monoisotopic (exact) mass is 444 g/mol. The second-order valence-corrected chi connectivity index (χ2v) is 8.88. The Morgan fingerprint density at radius 2 is 1.31 bits per heavy atom. The van der Waals surface area contributed by atoms with E-state index in [0.29, 0.717) is 29.5 Å². The normalized spacial score (nSPS) is 19.7. The summed E-state index contributed by atoms with van der Waals surface area (Å²) in [7, 11) is 0.